The molecular formula is C10H22O2. The minimum atomic E-state index is -0.139. The molecule has 0 saturated carbocycles. The van der Waals surface area contributed by atoms with Gasteiger partial charge in [-0.25, -0.2) is 0 Å². The Labute approximate surface area is 76.0 Å². The second kappa shape index (κ2) is 5.31. The van der Waals surface area contributed by atoms with Crippen molar-refractivity contribution < 1.29 is 9.90 Å². The summed E-state index contributed by atoms with van der Waals surface area (Å²) in [5.41, 5.74) is -0.0417. The van der Waals surface area contributed by atoms with E-state index >= 15 is 0 Å². The summed E-state index contributed by atoms with van der Waals surface area (Å²) < 4.78 is 0. The van der Waals surface area contributed by atoms with Crippen molar-refractivity contribution >= 4 is 6.29 Å². The number of hydrogen-bond acceptors (Lipinski definition) is 2. The Bertz CT molecular complexity index is 115. The van der Waals surface area contributed by atoms with Crippen LogP contribution in [0.15, 0.2) is 0 Å². The summed E-state index contributed by atoms with van der Waals surface area (Å²) in [6.45, 7) is 11.9. The summed E-state index contributed by atoms with van der Waals surface area (Å²) in [6, 6.07) is 0. The van der Waals surface area contributed by atoms with Crippen LogP contribution in [0, 0.1) is 10.8 Å². The van der Waals surface area contributed by atoms with E-state index in [1.54, 1.807) is 0 Å². The highest BCUT2D eigenvalue weighted by Gasteiger charge is 2.05. The number of aliphatic hydroxyl groups is 1. The van der Waals surface area contributed by atoms with Crippen LogP contribution >= 0.6 is 0 Å². The van der Waals surface area contributed by atoms with Crippen molar-refractivity contribution in [3.05, 3.63) is 0 Å². The maximum atomic E-state index is 9.83. The Hall–Kier alpha value is -0.370. The van der Waals surface area contributed by atoms with Crippen LogP contribution in [0.3, 0.4) is 0 Å². The summed E-state index contributed by atoms with van der Waals surface area (Å²) in [5, 5.41) is 8.40. The Balaban J connectivity index is 0. The first-order valence-corrected chi connectivity index (χ1v) is 4.19. The Morgan fingerprint density at radius 3 is 1.25 bits per heavy atom. The number of carbonyl (C=O) groups excluding carboxylic acids is 1. The first-order valence-electron chi connectivity index (χ1n) is 4.19. The van der Waals surface area contributed by atoms with Gasteiger partial charge in [0, 0.05) is 12.0 Å². The van der Waals surface area contributed by atoms with Crippen molar-refractivity contribution in [1.29, 1.82) is 0 Å². The average molecular weight is 174 g/mol. The van der Waals surface area contributed by atoms with Gasteiger partial charge in [-0.2, -0.15) is 0 Å². The minimum absolute atomic E-state index is 0.0972. The van der Waals surface area contributed by atoms with Crippen molar-refractivity contribution in [2.45, 2.75) is 41.5 Å². The van der Waals surface area contributed by atoms with Gasteiger partial charge < -0.3 is 9.90 Å². The van der Waals surface area contributed by atoms with Crippen LogP contribution in [0.25, 0.3) is 0 Å². The lowest BCUT2D eigenvalue weighted by Gasteiger charge is -2.11. The molecule has 0 fully saturated rings. The second-order valence-electron chi connectivity index (χ2n) is 5.20. The molecule has 0 aromatic rings. The minimum Gasteiger partial charge on any atom is -0.396 e. The molecule has 0 bridgehead atoms. The largest absolute Gasteiger partial charge is 0.396 e. The van der Waals surface area contributed by atoms with E-state index in [9.17, 15) is 4.79 Å². The van der Waals surface area contributed by atoms with Crippen molar-refractivity contribution in [1.82, 2.24) is 0 Å². The predicted octanol–water partition coefficient (Wildman–Crippen LogP) is 2.26. The summed E-state index contributed by atoms with van der Waals surface area (Å²) >= 11 is 0. The molecule has 0 amide bonds. The molecule has 74 valence electrons. The third-order valence-electron chi connectivity index (χ3n) is 0.828. The van der Waals surface area contributed by atoms with Crippen LogP contribution in [0.1, 0.15) is 41.5 Å². The quantitative estimate of drug-likeness (QED) is 0.572. The monoisotopic (exact) mass is 174 g/mol. The molecule has 0 aliphatic carbocycles. The predicted molar refractivity (Wildman–Crippen MR) is 52.1 cm³/mol. The standard InChI is InChI=1S/C5H12O.C5H10O/c2*1-5(2,3)4-6/h6H,4H2,1-3H3;4H,1-3H3. The third kappa shape index (κ3) is 22.6. The first-order chi connectivity index (χ1) is 5.12. The first kappa shape index (κ1) is 14.2. The molecule has 0 spiro atoms. The van der Waals surface area contributed by atoms with Crippen LogP contribution in [0.2, 0.25) is 0 Å². The maximum absolute atomic E-state index is 9.83. The highest BCUT2D eigenvalue weighted by molar-refractivity contribution is 5.56. The van der Waals surface area contributed by atoms with Crippen LogP contribution in [0.5, 0.6) is 0 Å². The summed E-state index contributed by atoms with van der Waals surface area (Å²) in [6.07, 6.45) is 0.938. The molecule has 2 nitrogen and oxygen atoms in total. The van der Waals surface area contributed by atoms with Gasteiger partial charge in [0.15, 0.2) is 0 Å². The molecule has 0 aliphatic heterocycles. The van der Waals surface area contributed by atoms with Crippen LogP contribution in [-0.4, -0.2) is 18.0 Å². The lowest BCUT2D eigenvalue weighted by Crippen LogP contribution is -2.09. The van der Waals surface area contributed by atoms with E-state index in [-0.39, 0.29) is 17.4 Å². The molecule has 12 heavy (non-hydrogen) atoms. The lowest BCUT2D eigenvalue weighted by molar-refractivity contribution is -0.113. The summed E-state index contributed by atoms with van der Waals surface area (Å²) in [7, 11) is 0. The number of carbonyl (C=O) groups is 1. The van der Waals surface area contributed by atoms with Crippen LogP contribution in [0.4, 0.5) is 0 Å². The fourth-order valence-corrected chi connectivity index (χ4v) is 0. The molecule has 0 rings (SSSR count). The highest BCUT2D eigenvalue weighted by Crippen LogP contribution is 2.09. The van der Waals surface area contributed by atoms with E-state index in [4.69, 9.17) is 5.11 Å². The molecule has 0 aromatic heterocycles. The zero-order valence-electron chi connectivity index (χ0n) is 9.14. The van der Waals surface area contributed by atoms with Gasteiger partial charge in [0.2, 0.25) is 0 Å². The van der Waals surface area contributed by atoms with Crippen LogP contribution in [-0.2, 0) is 4.79 Å². The molecule has 0 heterocycles. The van der Waals surface area contributed by atoms with E-state index in [0.717, 1.165) is 6.29 Å². The molecule has 0 aromatic carbocycles. The fraction of sp³-hybridized carbons (Fsp3) is 0.900. The molecule has 0 saturated heterocycles. The van der Waals surface area contributed by atoms with E-state index < -0.39 is 0 Å². The second-order valence-corrected chi connectivity index (χ2v) is 5.20. The fourth-order valence-electron chi connectivity index (χ4n) is 0. The van der Waals surface area contributed by atoms with Gasteiger partial charge >= 0.3 is 0 Å². The number of hydrogen-bond donors (Lipinski definition) is 1. The highest BCUT2D eigenvalue weighted by atomic mass is 16.3. The summed E-state index contributed by atoms with van der Waals surface area (Å²) in [5.74, 6) is 0. The van der Waals surface area contributed by atoms with Gasteiger partial charge in [-0.05, 0) is 5.41 Å². The van der Waals surface area contributed by atoms with E-state index in [1.807, 2.05) is 41.5 Å². The Morgan fingerprint density at radius 2 is 1.25 bits per heavy atom. The van der Waals surface area contributed by atoms with Gasteiger partial charge in [-0.3, -0.25) is 0 Å². The molecule has 0 unspecified atom stereocenters. The van der Waals surface area contributed by atoms with Crippen molar-refractivity contribution in [3.8, 4) is 0 Å². The van der Waals surface area contributed by atoms with Gasteiger partial charge in [-0.15, -0.1) is 0 Å². The zero-order chi connectivity index (χ0) is 10.4. The van der Waals surface area contributed by atoms with Gasteiger partial charge in [-0.1, -0.05) is 41.5 Å². The van der Waals surface area contributed by atoms with Gasteiger partial charge in [0.05, 0.1) is 0 Å². The van der Waals surface area contributed by atoms with E-state index in [0.29, 0.717) is 0 Å². The smallest absolute Gasteiger partial charge is 0.125 e. The third-order valence-corrected chi connectivity index (χ3v) is 0.828. The summed E-state index contributed by atoms with van der Waals surface area (Å²) in [4.78, 5) is 9.83. The number of rotatable bonds is 0. The van der Waals surface area contributed by atoms with Crippen molar-refractivity contribution in [3.63, 3.8) is 0 Å². The molecule has 2 heteroatoms. The molecule has 0 atom stereocenters. The molecule has 1 N–H and O–H groups in total. The Kier molecular flexibility index (Phi) is 6.27. The van der Waals surface area contributed by atoms with Crippen molar-refractivity contribution in [2.75, 3.05) is 6.61 Å². The number of aldehydes is 1. The van der Waals surface area contributed by atoms with E-state index in [1.165, 1.54) is 0 Å². The average Bonchev–Trinajstić information content (AvgIpc) is 1.86. The van der Waals surface area contributed by atoms with Gasteiger partial charge in [0.1, 0.15) is 6.29 Å². The topological polar surface area (TPSA) is 37.3 Å². The Morgan fingerprint density at radius 1 is 1.08 bits per heavy atom. The van der Waals surface area contributed by atoms with Crippen molar-refractivity contribution in [2.24, 2.45) is 10.8 Å². The normalized spacial score (nSPS) is 11.6. The lowest BCUT2D eigenvalue weighted by atomic mass is 9.99. The molecule has 0 radical (unpaired) electrons. The van der Waals surface area contributed by atoms with Gasteiger partial charge in [0.25, 0.3) is 0 Å². The molecule has 0 aliphatic rings. The van der Waals surface area contributed by atoms with Crippen LogP contribution < -0.4 is 0 Å². The van der Waals surface area contributed by atoms with E-state index in [2.05, 4.69) is 0 Å². The number of aliphatic hydroxyl groups excluding tert-OH is 1. The molecular weight excluding hydrogens is 152 g/mol. The zero-order valence-corrected chi connectivity index (χ0v) is 9.14. The SMILES string of the molecule is CC(C)(C)C=O.CC(C)(C)CO. The maximum Gasteiger partial charge on any atom is 0.125 e.